The predicted molar refractivity (Wildman–Crippen MR) is 28.5 cm³/mol. The Balaban J connectivity index is 2.50. The maximum absolute atomic E-state index is 4.73. The number of ether oxygens (including phenoxy) is 1. The average molecular weight is 113 g/mol. The molecular formula is C5H7NO2. The lowest BCUT2D eigenvalue weighted by Crippen LogP contribution is -2.09. The highest BCUT2D eigenvalue weighted by molar-refractivity contribution is 5.04. The molecule has 0 spiro atoms. The lowest BCUT2D eigenvalue weighted by atomic mass is 10.5. The Kier molecular flexibility index (Phi) is 1.42. The number of rotatable bonds is 1. The van der Waals surface area contributed by atoms with E-state index < -0.39 is 0 Å². The standard InChI is InChI=1S/C5H7NO2/c1-7-5-3-2-4-6-8-5/h2-4,6H,1H3. The summed E-state index contributed by atoms with van der Waals surface area (Å²) in [5.41, 5.74) is 2.51. The molecule has 0 unspecified atom stereocenters. The summed E-state index contributed by atoms with van der Waals surface area (Å²) in [6.07, 6.45) is 5.18. The van der Waals surface area contributed by atoms with Crippen LogP contribution in [0.15, 0.2) is 24.3 Å². The molecule has 0 fully saturated rings. The summed E-state index contributed by atoms with van der Waals surface area (Å²) in [5.74, 6) is 0.479. The molecule has 3 heteroatoms. The lowest BCUT2D eigenvalue weighted by molar-refractivity contribution is 0.0178. The highest BCUT2D eigenvalue weighted by atomic mass is 16.8. The van der Waals surface area contributed by atoms with E-state index in [9.17, 15) is 0 Å². The fourth-order valence-electron chi connectivity index (χ4n) is 0.402. The van der Waals surface area contributed by atoms with Crippen molar-refractivity contribution in [2.24, 2.45) is 0 Å². The van der Waals surface area contributed by atoms with Gasteiger partial charge in [0, 0.05) is 12.3 Å². The van der Waals surface area contributed by atoms with Crippen molar-refractivity contribution in [2.45, 2.75) is 0 Å². The first-order chi connectivity index (χ1) is 3.93. The molecule has 0 saturated carbocycles. The highest BCUT2D eigenvalue weighted by Crippen LogP contribution is 1.98. The van der Waals surface area contributed by atoms with Gasteiger partial charge in [0.25, 0.3) is 0 Å². The maximum Gasteiger partial charge on any atom is 0.306 e. The quantitative estimate of drug-likeness (QED) is 0.537. The van der Waals surface area contributed by atoms with E-state index in [1.807, 2.05) is 0 Å². The molecule has 1 N–H and O–H groups in total. The van der Waals surface area contributed by atoms with Crippen LogP contribution in [0.4, 0.5) is 0 Å². The number of hydrogen-bond donors (Lipinski definition) is 1. The Morgan fingerprint density at radius 3 is 3.00 bits per heavy atom. The summed E-state index contributed by atoms with van der Waals surface area (Å²) in [7, 11) is 1.55. The minimum atomic E-state index is 0.479. The Morgan fingerprint density at radius 1 is 1.75 bits per heavy atom. The van der Waals surface area contributed by atoms with Crippen molar-refractivity contribution in [3.8, 4) is 0 Å². The molecule has 1 rings (SSSR count). The fraction of sp³-hybridized carbons (Fsp3) is 0.200. The van der Waals surface area contributed by atoms with E-state index in [1.54, 1.807) is 25.5 Å². The second-order valence-electron chi connectivity index (χ2n) is 1.27. The van der Waals surface area contributed by atoms with Crippen molar-refractivity contribution in [2.75, 3.05) is 7.11 Å². The van der Waals surface area contributed by atoms with Crippen LogP contribution in [0.1, 0.15) is 0 Å². The lowest BCUT2D eigenvalue weighted by Gasteiger charge is -2.08. The fourth-order valence-corrected chi connectivity index (χ4v) is 0.402. The van der Waals surface area contributed by atoms with Crippen LogP contribution in [0, 0.1) is 0 Å². The SMILES string of the molecule is COC1=CC=CNO1. The van der Waals surface area contributed by atoms with Gasteiger partial charge in [-0.05, 0) is 6.08 Å². The summed E-state index contributed by atoms with van der Waals surface area (Å²) >= 11 is 0. The van der Waals surface area contributed by atoms with Crippen LogP contribution in [-0.4, -0.2) is 7.11 Å². The Bertz CT molecular complexity index is 128. The monoisotopic (exact) mass is 113 g/mol. The number of hydroxylamine groups is 1. The molecule has 0 amide bonds. The third kappa shape index (κ3) is 0.932. The minimum Gasteiger partial charge on any atom is -0.467 e. The van der Waals surface area contributed by atoms with E-state index in [4.69, 9.17) is 9.57 Å². The molecule has 0 aromatic heterocycles. The number of hydrogen-bond acceptors (Lipinski definition) is 3. The van der Waals surface area contributed by atoms with Gasteiger partial charge in [-0.25, -0.2) is 5.48 Å². The molecule has 44 valence electrons. The average Bonchev–Trinajstić information content (AvgIpc) is 1.90. The number of allylic oxidation sites excluding steroid dienone is 2. The van der Waals surface area contributed by atoms with Gasteiger partial charge in [-0.2, -0.15) is 0 Å². The zero-order chi connectivity index (χ0) is 5.82. The van der Waals surface area contributed by atoms with Crippen molar-refractivity contribution in [1.29, 1.82) is 0 Å². The van der Waals surface area contributed by atoms with E-state index >= 15 is 0 Å². The van der Waals surface area contributed by atoms with E-state index in [0.29, 0.717) is 5.95 Å². The summed E-state index contributed by atoms with van der Waals surface area (Å²) in [5, 5.41) is 0. The molecule has 0 saturated heterocycles. The largest absolute Gasteiger partial charge is 0.467 e. The molecule has 0 radical (unpaired) electrons. The molecular weight excluding hydrogens is 106 g/mol. The van der Waals surface area contributed by atoms with E-state index in [0.717, 1.165) is 0 Å². The summed E-state index contributed by atoms with van der Waals surface area (Å²) in [6, 6.07) is 0. The van der Waals surface area contributed by atoms with Gasteiger partial charge in [0.05, 0.1) is 7.11 Å². The van der Waals surface area contributed by atoms with Gasteiger partial charge in [-0.3, -0.25) is 0 Å². The van der Waals surface area contributed by atoms with Crippen molar-refractivity contribution in [3.05, 3.63) is 24.3 Å². The van der Waals surface area contributed by atoms with E-state index in [1.165, 1.54) is 0 Å². The maximum atomic E-state index is 4.73. The van der Waals surface area contributed by atoms with Crippen LogP contribution >= 0.6 is 0 Å². The van der Waals surface area contributed by atoms with Crippen LogP contribution in [0.5, 0.6) is 0 Å². The number of nitrogens with one attached hydrogen (secondary N) is 1. The zero-order valence-corrected chi connectivity index (χ0v) is 4.55. The van der Waals surface area contributed by atoms with Gasteiger partial charge in [0.2, 0.25) is 0 Å². The first-order valence-corrected chi connectivity index (χ1v) is 2.26. The van der Waals surface area contributed by atoms with Crippen molar-refractivity contribution in [1.82, 2.24) is 5.48 Å². The zero-order valence-electron chi connectivity index (χ0n) is 4.55. The van der Waals surface area contributed by atoms with Crippen LogP contribution in [0.2, 0.25) is 0 Å². The first-order valence-electron chi connectivity index (χ1n) is 2.26. The minimum absolute atomic E-state index is 0.479. The third-order valence-corrected chi connectivity index (χ3v) is 0.757. The van der Waals surface area contributed by atoms with Crippen molar-refractivity contribution < 1.29 is 9.57 Å². The van der Waals surface area contributed by atoms with Gasteiger partial charge in [-0.1, -0.05) is 0 Å². The van der Waals surface area contributed by atoms with Crippen LogP contribution in [0.25, 0.3) is 0 Å². The second kappa shape index (κ2) is 2.26. The van der Waals surface area contributed by atoms with Crippen molar-refractivity contribution >= 4 is 0 Å². The molecule has 0 aromatic rings. The summed E-state index contributed by atoms with van der Waals surface area (Å²) < 4.78 is 4.72. The van der Waals surface area contributed by atoms with E-state index in [-0.39, 0.29) is 0 Å². The molecule has 1 heterocycles. The number of methoxy groups -OCH3 is 1. The molecule has 8 heavy (non-hydrogen) atoms. The Hall–Kier alpha value is -1.12. The molecule has 0 bridgehead atoms. The molecule has 3 nitrogen and oxygen atoms in total. The molecule has 1 aliphatic heterocycles. The Morgan fingerprint density at radius 2 is 2.62 bits per heavy atom. The van der Waals surface area contributed by atoms with Crippen LogP contribution < -0.4 is 5.48 Å². The molecule has 0 atom stereocenters. The third-order valence-electron chi connectivity index (χ3n) is 0.757. The van der Waals surface area contributed by atoms with Gasteiger partial charge in [0.1, 0.15) is 0 Å². The normalized spacial score (nSPS) is 15.9. The second-order valence-corrected chi connectivity index (χ2v) is 1.27. The van der Waals surface area contributed by atoms with Crippen LogP contribution in [-0.2, 0) is 9.57 Å². The molecule has 0 aromatic carbocycles. The topological polar surface area (TPSA) is 30.5 Å². The van der Waals surface area contributed by atoms with Gasteiger partial charge >= 0.3 is 5.95 Å². The van der Waals surface area contributed by atoms with Gasteiger partial charge < -0.3 is 9.57 Å². The van der Waals surface area contributed by atoms with E-state index in [2.05, 4.69) is 5.48 Å². The van der Waals surface area contributed by atoms with Gasteiger partial charge in [0.15, 0.2) is 0 Å². The summed E-state index contributed by atoms with van der Waals surface area (Å²) in [4.78, 5) is 4.73. The van der Waals surface area contributed by atoms with Crippen LogP contribution in [0.3, 0.4) is 0 Å². The van der Waals surface area contributed by atoms with Gasteiger partial charge in [-0.15, -0.1) is 0 Å². The van der Waals surface area contributed by atoms with Crippen molar-refractivity contribution in [3.63, 3.8) is 0 Å². The highest BCUT2D eigenvalue weighted by Gasteiger charge is 1.94. The Labute approximate surface area is 47.5 Å². The first kappa shape index (κ1) is 5.03. The smallest absolute Gasteiger partial charge is 0.306 e. The summed E-state index contributed by atoms with van der Waals surface area (Å²) in [6.45, 7) is 0. The molecule has 0 aliphatic carbocycles. The molecule has 1 aliphatic rings. The predicted octanol–water partition coefficient (Wildman–Crippen LogP) is 0.523.